The first-order chi connectivity index (χ1) is 10.6. The predicted octanol–water partition coefficient (Wildman–Crippen LogP) is 1.66. The lowest BCUT2D eigenvalue weighted by Gasteiger charge is -2.04. The summed E-state index contributed by atoms with van der Waals surface area (Å²) in [5.74, 6) is -0.406. The van der Waals surface area contributed by atoms with Crippen LogP contribution in [-0.2, 0) is 11.3 Å². The number of carbonyl (C=O) groups is 1. The molecule has 2 heterocycles. The van der Waals surface area contributed by atoms with E-state index in [1.54, 1.807) is 30.5 Å². The molecule has 0 atom stereocenters. The number of aryl methyl sites for hydroxylation is 1. The quantitative estimate of drug-likeness (QED) is 0.687. The lowest BCUT2D eigenvalue weighted by molar-refractivity contribution is 0.0486. The van der Waals surface area contributed by atoms with E-state index in [1.165, 1.54) is 9.08 Å². The number of ether oxygens (including phenoxy) is 1. The number of hydrogen-bond acceptors (Lipinski definition) is 4. The van der Waals surface area contributed by atoms with Crippen LogP contribution in [0.5, 0.6) is 0 Å². The van der Waals surface area contributed by atoms with E-state index in [9.17, 15) is 9.59 Å². The summed E-state index contributed by atoms with van der Waals surface area (Å²) in [6, 6.07) is 12.5. The second-order valence-electron chi connectivity index (χ2n) is 4.94. The molecule has 0 amide bonds. The second-order valence-corrected chi connectivity index (χ2v) is 4.94. The number of hydrogen-bond donors (Lipinski definition) is 0. The molecule has 0 N–H and O–H groups in total. The van der Waals surface area contributed by atoms with Gasteiger partial charge in [0.15, 0.2) is 5.65 Å². The van der Waals surface area contributed by atoms with E-state index < -0.39 is 5.97 Å². The van der Waals surface area contributed by atoms with Crippen molar-refractivity contribution in [3.05, 3.63) is 70.3 Å². The lowest BCUT2D eigenvalue weighted by atomic mass is 10.1. The van der Waals surface area contributed by atoms with Crippen molar-refractivity contribution in [1.82, 2.24) is 14.2 Å². The molecule has 0 saturated heterocycles. The maximum absolute atomic E-state index is 12.0. The summed E-state index contributed by atoms with van der Waals surface area (Å²) in [5, 5.41) is 4.17. The van der Waals surface area contributed by atoms with E-state index in [0.29, 0.717) is 11.2 Å². The molecule has 6 heteroatoms. The van der Waals surface area contributed by atoms with Crippen LogP contribution in [0.1, 0.15) is 15.9 Å². The van der Waals surface area contributed by atoms with Crippen LogP contribution in [0, 0.1) is 6.92 Å². The molecule has 0 aliphatic carbocycles. The fourth-order valence-electron chi connectivity index (χ4n) is 2.11. The van der Waals surface area contributed by atoms with Gasteiger partial charge in [0.2, 0.25) is 0 Å². The van der Waals surface area contributed by atoms with E-state index in [2.05, 4.69) is 5.10 Å². The highest BCUT2D eigenvalue weighted by Gasteiger charge is 2.09. The molecule has 22 heavy (non-hydrogen) atoms. The molecular formula is C16H15N3O3. The third-order valence-electron chi connectivity index (χ3n) is 3.31. The minimum absolute atomic E-state index is 0.0937. The van der Waals surface area contributed by atoms with Crippen LogP contribution in [0.3, 0.4) is 0 Å². The first-order valence-corrected chi connectivity index (χ1v) is 6.93. The van der Waals surface area contributed by atoms with Crippen molar-refractivity contribution >= 4 is 11.6 Å². The molecule has 2 aromatic heterocycles. The van der Waals surface area contributed by atoms with Crippen LogP contribution in [0.25, 0.3) is 5.65 Å². The fraction of sp³-hybridized carbons (Fsp3) is 0.188. The molecule has 0 fully saturated rings. The monoisotopic (exact) mass is 297 g/mol. The Morgan fingerprint density at radius 3 is 2.68 bits per heavy atom. The molecule has 0 unspecified atom stereocenters. The van der Waals surface area contributed by atoms with Crippen LogP contribution in [0.15, 0.2) is 53.5 Å². The summed E-state index contributed by atoms with van der Waals surface area (Å²) >= 11 is 0. The Bertz CT molecular complexity index is 862. The summed E-state index contributed by atoms with van der Waals surface area (Å²) < 4.78 is 7.91. The van der Waals surface area contributed by atoms with Gasteiger partial charge in [-0.2, -0.15) is 0 Å². The van der Waals surface area contributed by atoms with Gasteiger partial charge in [-0.25, -0.2) is 14.3 Å². The van der Waals surface area contributed by atoms with Crippen molar-refractivity contribution in [1.29, 1.82) is 0 Å². The average Bonchev–Trinajstić information content (AvgIpc) is 2.85. The largest absolute Gasteiger partial charge is 0.460 e. The zero-order chi connectivity index (χ0) is 15.5. The van der Waals surface area contributed by atoms with Gasteiger partial charge in [-0.05, 0) is 31.2 Å². The van der Waals surface area contributed by atoms with Crippen molar-refractivity contribution in [3.8, 4) is 0 Å². The Morgan fingerprint density at radius 2 is 1.95 bits per heavy atom. The number of aromatic nitrogens is 3. The van der Waals surface area contributed by atoms with Crippen molar-refractivity contribution in [3.63, 3.8) is 0 Å². The van der Waals surface area contributed by atoms with Gasteiger partial charge in [0.25, 0.3) is 0 Å². The van der Waals surface area contributed by atoms with Gasteiger partial charge in [0, 0.05) is 6.20 Å². The molecule has 1 aromatic carbocycles. The third kappa shape index (κ3) is 2.76. The highest BCUT2D eigenvalue weighted by molar-refractivity contribution is 5.89. The molecule has 0 aliphatic rings. The number of nitrogens with zero attached hydrogens (tertiary/aromatic N) is 3. The van der Waals surface area contributed by atoms with Crippen molar-refractivity contribution < 1.29 is 9.53 Å². The highest BCUT2D eigenvalue weighted by Crippen LogP contribution is 2.05. The first kappa shape index (κ1) is 14.1. The van der Waals surface area contributed by atoms with Gasteiger partial charge in [-0.15, -0.1) is 5.10 Å². The number of esters is 1. The molecule has 0 radical (unpaired) electrons. The van der Waals surface area contributed by atoms with Gasteiger partial charge in [-0.1, -0.05) is 23.8 Å². The molecule has 112 valence electrons. The van der Waals surface area contributed by atoms with Gasteiger partial charge in [-0.3, -0.25) is 4.40 Å². The number of benzene rings is 1. The van der Waals surface area contributed by atoms with Crippen molar-refractivity contribution in [2.75, 3.05) is 6.61 Å². The Hall–Kier alpha value is -2.89. The molecule has 3 aromatic rings. The number of fused-ring (bicyclic) bond motifs is 1. The summed E-state index contributed by atoms with van der Waals surface area (Å²) in [4.78, 5) is 23.9. The standard InChI is InChI=1S/C16H15N3O3/c1-12-5-7-13(8-6-12)15(20)22-11-10-19-16(21)18-9-3-2-4-14(18)17-19/h2-9H,10-11H2,1H3. The van der Waals surface area contributed by atoms with E-state index in [-0.39, 0.29) is 18.8 Å². The fourth-order valence-corrected chi connectivity index (χ4v) is 2.11. The maximum Gasteiger partial charge on any atom is 0.350 e. The topological polar surface area (TPSA) is 65.6 Å². The molecular weight excluding hydrogens is 282 g/mol. The van der Waals surface area contributed by atoms with Gasteiger partial charge >= 0.3 is 11.7 Å². The number of pyridine rings is 1. The Balaban J connectivity index is 1.65. The summed E-state index contributed by atoms with van der Waals surface area (Å²) in [6.07, 6.45) is 1.65. The van der Waals surface area contributed by atoms with Gasteiger partial charge in [0.05, 0.1) is 12.1 Å². The number of rotatable bonds is 4. The summed E-state index contributed by atoms with van der Waals surface area (Å²) in [6.45, 7) is 2.26. The molecule has 0 bridgehead atoms. The Morgan fingerprint density at radius 1 is 1.18 bits per heavy atom. The van der Waals surface area contributed by atoms with Gasteiger partial charge in [0.1, 0.15) is 6.61 Å². The smallest absolute Gasteiger partial charge is 0.350 e. The molecule has 3 rings (SSSR count). The number of carbonyl (C=O) groups excluding carboxylic acids is 1. The maximum atomic E-state index is 12.0. The van der Waals surface area contributed by atoms with Crippen LogP contribution >= 0.6 is 0 Å². The minimum atomic E-state index is -0.406. The zero-order valence-electron chi connectivity index (χ0n) is 12.1. The lowest BCUT2D eigenvalue weighted by Crippen LogP contribution is -2.24. The SMILES string of the molecule is Cc1ccc(C(=O)OCCn2nc3ccccn3c2=O)cc1. The molecule has 0 spiro atoms. The van der Waals surface area contributed by atoms with Crippen LogP contribution in [0.2, 0.25) is 0 Å². The summed E-state index contributed by atoms with van der Waals surface area (Å²) in [5.41, 5.74) is 1.89. The Kier molecular flexibility index (Phi) is 3.74. The van der Waals surface area contributed by atoms with Crippen molar-refractivity contribution in [2.24, 2.45) is 0 Å². The zero-order valence-corrected chi connectivity index (χ0v) is 12.1. The van der Waals surface area contributed by atoms with Crippen LogP contribution in [-0.4, -0.2) is 26.8 Å². The van der Waals surface area contributed by atoms with E-state index in [0.717, 1.165) is 5.56 Å². The predicted molar refractivity (Wildman–Crippen MR) is 80.9 cm³/mol. The van der Waals surface area contributed by atoms with E-state index in [1.807, 2.05) is 25.1 Å². The van der Waals surface area contributed by atoms with Gasteiger partial charge < -0.3 is 4.74 Å². The first-order valence-electron chi connectivity index (χ1n) is 6.93. The second kappa shape index (κ2) is 5.85. The van der Waals surface area contributed by atoms with Crippen LogP contribution in [0.4, 0.5) is 0 Å². The minimum Gasteiger partial charge on any atom is -0.460 e. The molecule has 0 saturated carbocycles. The normalized spacial score (nSPS) is 10.8. The van der Waals surface area contributed by atoms with E-state index >= 15 is 0 Å². The van der Waals surface area contributed by atoms with E-state index in [4.69, 9.17) is 4.74 Å². The summed E-state index contributed by atoms with van der Waals surface area (Å²) in [7, 11) is 0. The highest BCUT2D eigenvalue weighted by atomic mass is 16.5. The molecule has 6 nitrogen and oxygen atoms in total. The molecule has 0 aliphatic heterocycles. The Labute approximate surface area is 126 Å². The van der Waals surface area contributed by atoms with Crippen LogP contribution < -0.4 is 5.69 Å². The third-order valence-corrected chi connectivity index (χ3v) is 3.31. The van der Waals surface area contributed by atoms with Crippen molar-refractivity contribution in [2.45, 2.75) is 13.5 Å². The average molecular weight is 297 g/mol.